The number of halogens is 2. The van der Waals surface area contributed by atoms with Crippen molar-refractivity contribution in [1.29, 1.82) is 0 Å². The summed E-state index contributed by atoms with van der Waals surface area (Å²) in [5.41, 5.74) is 0. The Morgan fingerprint density at radius 1 is 1.15 bits per heavy atom. The summed E-state index contributed by atoms with van der Waals surface area (Å²) in [4.78, 5) is 0. The van der Waals surface area contributed by atoms with Gasteiger partial charge in [-0.1, -0.05) is 36.5 Å². The molecular formula is C14H21Cl2NO3. The molecule has 0 aliphatic rings. The van der Waals surface area contributed by atoms with Crippen LogP contribution in [0.25, 0.3) is 0 Å². The first-order valence-corrected chi connectivity index (χ1v) is 7.43. The van der Waals surface area contributed by atoms with Gasteiger partial charge in [0.05, 0.1) is 16.1 Å². The highest BCUT2D eigenvalue weighted by atomic mass is 35.5. The largest absolute Gasteiger partial charge is 0.491 e. The molecule has 0 bridgehead atoms. The molecule has 4 nitrogen and oxygen atoms in total. The predicted molar refractivity (Wildman–Crippen MR) is 81.7 cm³/mol. The van der Waals surface area contributed by atoms with Crippen molar-refractivity contribution < 1.29 is 14.9 Å². The molecule has 0 aliphatic carbocycles. The molecule has 1 aromatic rings. The summed E-state index contributed by atoms with van der Waals surface area (Å²) >= 11 is 11.7. The van der Waals surface area contributed by atoms with Crippen molar-refractivity contribution in [1.82, 2.24) is 5.32 Å². The quantitative estimate of drug-likeness (QED) is 0.654. The highest BCUT2D eigenvalue weighted by Crippen LogP contribution is 2.26. The van der Waals surface area contributed by atoms with Crippen molar-refractivity contribution in [3.63, 3.8) is 0 Å². The Labute approximate surface area is 129 Å². The zero-order valence-corrected chi connectivity index (χ0v) is 13.0. The molecule has 0 fully saturated rings. The molecule has 2 unspecified atom stereocenters. The standard InChI is InChI=1S/C14H21Cl2NO3/c1-2-3-10(18)7-17-8-11(19)9-20-12-4-5-13(15)14(16)6-12/h4-6,10-11,17-19H,2-3,7-9H2,1H3. The van der Waals surface area contributed by atoms with Gasteiger partial charge in [0, 0.05) is 19.2 Å². The molecule has 0 saturated carbocycles. The molecule has 0 aromatic heterocycles. The molecule has 114 valence electrons. The molecule has 0 amide bonds. The summed E-state index contributed by atoms with van der Waals surface area (Å²) in [7, 11) is 0. The van der Waals surface area contributed by atoms with Crippen LogP contribution in [0.2, 0.25) is 10.0 Å². The van der Waals surface area contributed by atoms with Crippen LogP contribution in [-0.4, -0.2) is 42.1 Å². The first kappa shape index (κ1) is 17.5. The molecule has 0 aliphatic heterocycles. The molecule has 20 heavy (non-hydrogen) atoms. The molecule has 1 aromatic carbocycles. The second-order valence-electron chi connectivity index (χ2n) is 4.64. The SMILES string of the molecule is CCCC(O)CNCC(O)COc1ccc(Cl)c(Cl)c1. The van der Waals surface area contributed by atoms with Crippen molar-refractivity contribution >= 4 is 23.2 Å². The lowest BCUT2D eigenvalue weighted by Gasteiger charge is -2.15. The fourth-order valence-corrected chi connectivity index (χ4v) is 1.96. The van der Waals surface area contributed by atoms with Crippen LogP contribution in [0.3, 0.4) is 0 Å². The molecule has 6 heteroatoms. The third-order valence-corrected chi connectivity index (χ3v) is 3.45. The Morgan fingerprint density at radius 2 is 1.85 bits per heavy atom. The third-order valence-electron chi connectivity index (χ3n) is 2.72. The van der Waals surface area contributed by atoms with Crippen LogP contribution >= 0.6 is 23.2 Å². The Bertz CT molecular complexity index is 404. The average molecular weight is 322 g/mol. The fourth-order valence-electron chi connectivity index (χ4n) is 1.67. The van der Waals surface area contributed by atoms with Gasteiger partial charge < -0.3 is 20.3 Å². The summed E-state index contributed by atoms with van der Waals surface area (Å²) in [6, 6.07) is 4.94. The van der Waals surface area contributed by atoms with Crippen molar-refractivity contribution in [2.75, 3.05) is 19.7 Å². The minimum atomic E-state index is -0.654. The molecule has 0 saturated heterocycles. The first-order chi connectivity index (χ1) is 9.52. The van der Waals surface area contributed by atoms with Gasteiger partial charge in [-0.3, -0.25) is 0 Å². The van der Waals surface area contributed by atoms with E-state index in [0.717, 1.165) is 12.8 Å². The van der Waals surface area contributed by atoms with Gasteiger partial charge in [0.15, 0.2) is 0 Å². The van der Waals surface area contributed by atoms with Gasteiger partial charge in [0.1, 0.15) is 18.5 Å². The van der Waals surface area contributed by atoms with Crippen molar-refractivity contribution in [3.8, 4) is 5.75 Å². The summed E-state index contributed by atoms with van der Waals surface area (Å²) in [6.45, 7) is 3.00. The van der Waals surface area contributed by atoms with E-state index >= 15 is 0 Å². The lowest BCUT2D eigenvalue weighted by Crippen LogP contribution is -2.35. The maximum atomic E-state index is 9.75. The van der Waals surface area contributed by atoms with Crippen molar-refractivity contribution in [2.24, 2.45) is 0 Å². The maximum Gasteiger partial charge on any atom is 0.121 e. The average Bonchev–Trinajstić information content (AvgIpc) is 2.40. The van der Waals surface area contributed by atoms with Gasteiger partial charge in [-0.25, -0.2) is 0 Å². The number of hydrogen-bond donors (Lipinski definition) is 3. The second kappa shape index (κ2) is 9.42. The third kappa shape index (κ3) is 6.77. The van der Waals surface area contributed by atoms with Gasteiger partial charge in [0.25, 0.3) is 0 Å². The van der Waals surface area contributed by atoms with E-state index in [4.69, 9.17) is 27.9 Å². The number of benzene rings is 1. The van der Waals surface area contributed by atoms with Crippen LogP contribution in [0, 0.1) is 0 Å². The Balaban J connectivity index is 2.22. The highest BCUT2D eigenvalue weighted by Gasteiger charge is 2.08. The van der Waals surface area contributed by atoms with Crippen LogP contribution < -0.4 is 10.1 Å². The number of nitrogens with one attached hydrogen (secondary N) is 1. The van der Waals surface area contributed by atoms with Crippen LogP contribution in [-0.2, 0) is 0 Å². The van der Waals surface area contributed by atoms with Gasteiger partial charge in [-0.15, -0.1) is 0 Å². The van der Waals surface area contributed by atoms with E-state index in [1.54, 1.807) is 18.2 Å². The second-order valence-corrected chi connectivity index (χ2v) is 5.46. The van der Waals surface area contributed by atoms with Crippen molar-refractivity contribution in [2.45, 2.75) is 32.0 Å². The molecule has 0 spiro atoms. The maximum absolute atomic E-state index is 9.75. The summed E-state index contributed by atoms with van der Waals surface area (Å²) in [6.07, 6.45) is 0.663. The van der Waals surface area contributed by atoms with Gasteiger partial charge in [0.2, 0.25) is 0 Å². The molecular weight excluding hydrogens is 301 g/mol. The monoisotopic (exact) mass is 321 g/mol. The molecule has 0 heterocycles. The Kier molecular flexibility index (Phi) is 8.26. The number of aliphatic hydroxyl groups excluding tert-OH is 2. The van der Waals surface area contributed by atoms with Gasteiger partial charge in [-0.2, -0.15) is 0 Å². The van der Waals surface area contributed by atoms with E-state index in [0.29, 0.717) is 28.9 Å². The van der Waals surface area contributed by atoms with Crippen LogP contribution in [0.15, 0.2) is 18.2 Å². The summed E-state index contributed by atoms with van der Waals surface area (Å²) < 4.78 is 5.41. The van der Waals surface area contributed by atoms with Crippen LogP contribution in [0.1, 0.15) is 19.8 Å². The van der Waals surface area contributed by atoms with Crippen LogP contribution in [0.5, 0.6) is 5.75 Å². The minimum Gasteiger partial charge on any atom is -0.491 e. The number of aliphatic hydroxyl groups is 2. The van der Waals surface area contributed by atoms with Crippen LogP contribution in [0.4, 0.5) is 0 Å². The smallest absolute Gasteiger partial charge is 0.121 e. The van der Waals surface area contributed by atoms with E-state index in [1.165, 1.54) is 0 Å². The minimum absolute atomic E-state index is 0.148. The molecule has 3 N–H and O–H groups in total. The molecule has 1 rings (SSSR count). The topological polar surface area (TPSA) is 61.7 Å². The Morgan fingerprint density at radius 3 is 2.50 bits per heavy atom. The predicted octanol–water partition coefficient (Wildman–Crippen LogP) is 2.48. The zero-order chi connectivity index (χ0) is 15.0. The first-order valence-electron chi connectivity index (χ1n) is 6.67. The Hall–Kier alpha value is -0.520. The number of ether oxygens (including phenoxy) is 1. The van der Waals surface area contributed by atoms with Crippen molar-refractivity contribution in [3.05, 3.63) is 28.2 Å². The normalized spacial score (nSPS) is 14.1. The highest BCUT2D eigenvalue weighted by molar-refractivity contribution is 6.42. The van der Waals surface area contributed by atoms with E-state index in [9.17, 15) is 10.2 Å². The fraction of sp³-hybridized carbons (Fsp3) is 0.571. The lowest BCUT2D eigenvalue weighted by molar-refractivity contribution is 0.0985. The van der Waals surface area contributed by atoms with E-state index < -0.39 is 6.10 Å². The lowest BCUT2D eigenvalue weighted by atomic mass is 10.2. The molecule has 2 atom stereocenters. The van der Waals surface area contributed by atoms with Gasteiger partial charge in [-0.05, 0) is 18.6 Å². The zero-order valence-electron chi connectivity index (χ0n) is 11.5. The number of hydrogen-bond acceptors (Lipinski definition) is 4. The van der Waals surface area contributed by atoms with E-state index in [2.05, 4.69) is 5.32 Å². The van der Waals surface area contributed by atoms with E-state index in [1.807, 2.05) is 6.92 Å². The molecule has 0 radical (unpaired) electrons. The van der Waals surface area contributed by atoms with E-state index in [-0.39, 0.29) is 12.7 Å². The van der Waals surface area contributed by atoms with Gasteiger partial charge >= 0.3 is 0 Å². The number of rotatable bonds is 9. The summed E-state index contributed by atoms with van der Waals surface area (Å²) in [5, 5.41) is 23.2. The summed E-state index contributed by atoms with van der Waals surface area (Å²) in [5.74, 6) is 0.560.